The van der Waals surface area contributed by atoms with Crippen LogP contribution in [0.5, 0.6) is 5.75 Å². The molecule has 7 heteroatoms. The lowest BCUT2D eigenvalue weighted by Gasteiger charge is -2.40. The fraction of sp³-hybridized carbons (Fsp3) is 0.556. The number of hydrogen-bond donors (Lipinski definition) is 0. The molecule has 0 atom stereocenters. The van der Waals surface area contributed by atoms with Gasteiger partial charge in [0.2, 0.25) is 0 Å². The summed E-state index contributed by atoms with van der Waals surface area (Å²) >= 11 is 0. The van der Waals surface area contributed by atoms with Gasteiger partial charge in [0.1, 0.15) is 5.75 Å². The molecule has 138 valence electrons. The summed E-state index contributed by atoms with van der Waals surface area (Å²) < 4.78 is 10.8. The molecule has 0 saturated carbocycles. The lowest BCUT2D eigenvalue weighted by molar-refractivity contribution is 0.196. The van der Waals surface area contributed by atoms with Gasteiger partial charge in [0.25, 0.3) is 8.32 Å². The number of hydrogen-bond acceptors (Lipinski definition) is 4. The van der Waals surface area contributed by atoms with E-state index >= 15 is 0 Å². The highest BCUT2D eigenvalue weighted by atomic mass is 28.4. The highest BCUT2D eigenvalue weighted by Crippen LogP contribution is 2.42. The molecule has 0 N–H and O–H groups in total. The van der Waals surface area contributed by atoms with Crippen molar-refractivity contribution in [1.82, 2.24) is 0 Å². The van der Waals surface area contributed by atoms with Gasteiger partial charge >= 0.3 is 12.2 Å². The van der Waals surface area contributed by atoms with E-state index in [1.807, 2.05) is 13.0 Å². The Labute approximate surface area is 150 Å². The molecule has 2 amide bonds. The lowest BCUT2D eigenvalue weighted by atomic mass is 10.2. The van der Waals surface area contributed by atoms with Crippen molar-refractivity contribution in [3.8, 4) is 5.75 Å². The van der Waals surface area contributed by atoms with Crippen LogP contribution in [-0.2, 0) is 4.43 Å². The van der Waals surface area contributed by atoms with Crippen molar-refractivity contribution in [3.63, 3.8) is 0 Å². The minimum absolute atomic E-state index is 0.228. The second-order valence-corrected chi connectivity index (χ2v) is 12.4. The van der Waals surface area contributed by atoms with E-state index in [4.69, 9.17) is 9.16 Å². The van der Waals surface area contributed by atoms with E-state index in [1.54, 1.807) is 18.2 Å². The van der Waals surface area contributed by atoms with Crippen LogP contribution in [0.4, 0.5) is 9.59 Å². The third-order valence-corrected chi connectivity index (χ3v) is 10.3. The predicted octanol–water partition coefficient (Wildman–Crippen LogP) is 6.26. The number of nitrogens with zero attached hydrogens (tertiary/aromatic N) is 2. The Kier molecular flexibility index (Phi) is 7.48. The quantitative estimate of drug-likeness (QED) is 0.456. The number of benzene rings is 1. The van der Waals surface area contributed by atoms with Crippen LogP contribution in [0.25, 0.3) is 0 Å². The molecule has 0 saturated heterocycles. The molecule has 0 unspecified atom stereocenters. The summed E-state index contributed by atoms with van der Waals surface area (Å²) in [4.78, 5) is 23.8. The second-order valence-electron chi connectivity index (χ2n) is 7.07. The largest absolute Gasteiger partial charge is 0.500 e. The van der Waals surface area contributed by atoms with Crippen LogP contribution in [0, 0.1) is 6.92 Å². The Morgan fingerprint density at radius 3 is 1.92 bits per heavy atom. The molecule has 0 spiro atoms. The third-order valence-electron chi connectivity index (χ3n) is 4.38. The standard InChI is InChI=1S/C18H28N2O4Si/c1-12(2)25(13(3)4,14(5)6)24-18(22)20-19-17(21)23-16-10-8-9-15(7)11-16/h8-14H,1-7H3/b20-19+. The first-order valence-corrected chi connectivity index (χ1v) is 10.7. The van der Waals surface area contributed by atoms with Gasteiger partial charge < -0.3 is 9.16 Å². The molecule has 0 bridgehead atoms. The van der Waals surface area contributed by atoms with E-state index in [2.05, 4.69) is 51.8 Å². The molecule has 25 heavy (non-hydrogen) atoms. The fourth-order valence-corrected chi connectivity index (χ4v) is 8.46. The smallest absolute Gasteiger partial charge is 0.458 e. The Hall–Kier alpha value is -2.02. The summed E-state index contributed by atoms with van der Waals surface area (Å²) in [6.07, 6.45) is -1.78. The van der Waals surface area contributed by atoms with Gasteiger partial charge in [-0.15, -0.1) is 0 Å². The Morgan fingerprint density at radius 2 is 1.44 bits per heavy atom. The highest BCUT2D eigenvalue weighted by Gasteiger charge is 2.48. The minimum atomic E-state index is -2.40. The van der Waals surface area contributed by atoms with Gasteiger partial charge in [0.05, 0.1) is 0 Å². The van der Waals surface area contributed by atoms with E-state index in [0.29, 0.717) is 5.75 Å². The minimum Gasteiger partial charge on any atom is -0.500 e. The normalized spacial score (nSPS) is 12.2. The summed E-state index contributed by atoms with van der Waals surface area (Å²) in [6.45, 7) is 14.2. The zero-order chi connectivity index (χ0) is 19.2. The molecule has 6 nitrogen and oxygen atoms in total. The number of carbonyl (C=O) groups is 2. The highest BCUT2D eigenvalue weighted by molar-refractivity contribution is 6.78. The first-order chi connectivity index (χ1) is 11.6. The van der Waals surface area contributed by atoms with Crippen molar-refractivity contribution in [2.75, 3.05) is 0 Å². The molecule has 1 rings (SSSR count). The first-order valence-electron chi connectivity index (χ1n) is 8.52. The van der Waals surface area contributed by atoms with Crippen molar-refractivity contribution in [1.29, 1.82) is 0 Å². The molecular weight excluding hydrogens is 336 g/mol. The maximum absolute atomic E-state index is 12.1. The molecule has 1 aromatic rings. The number of ether oxygens (including phenoxy) is 1. The van der Waals surface area contributed by atoms with Crippen molar-refractivity contribution in [2.45, 2.75) is 65.1 Å². The van der Waals surface area contributed by atoms with Crippen molar-refractivity contribution in [3.05, 3.63) is 29.8 Å². The number of carbonyl (C=O) groups excluding carboxylic acids is 2. The van der Waals surface area contributed by atoms with Crippen LogP contribution in [-0.4, -0.2) is 20.5 Å². The second kappa shape index (κ2) is 8.89. The molecule has 0 heterocycles. The molecule has 1 aromatic carbocycles. The molecule has 0 fully saturated rings. The van der Waals surface area contributed by atoms with Crippen LogP contribution in [0.2, 0.25) is 16.6 Å². The average molecular weight is 365 g/mol. The summed E-state index contributed by atoms with van der Waals surface area (Å²) in [6, 6.07) is 6.97. The number of aryl methyl sites for hydroxylation is 1. The fourth-order valence-electron chi connectivity index (χ4n) is 3.41. The SMILES string of the molecule is Cc1cccc(OC(=O)/N=N/C(=O)O[Si](C(C)C)(C(C)C)C(C)C)c1. The Bertz CT molecular complexity index is 620. The number of azo groups is 1. The van der Waals surface area contributed by atoms with Gasteiger partial charge in [-0.3, -0.25) is 0 Å². The van der Waals surface area contributed by atoms with Gasteiger partial charge in [0.15, 0.2) is 0 Å². The molecule has 0 radical (unpaired) electrons. The summed E-state index contributed by atoms with van der Waals surface area (Å²) in [5, 5.41) is 6.72. The van der Waals surface area contributed by atoms with E-state index in [-0.39, 0.29) is 16.6 Å². The van der Waals surface area contributed by atoms with Crippen LogP contribution < -0.4 is 4.74 Å². The van der Waals surface area contributed by atoms with E-state index in [9.17, 15) is 9.59 Å². The van der Waals surface area contributed by atoms with Crippen LogP contribution in [0.3, 0.4) is 0 Å². The van der Waals surface area contributed by atoms with E-state index < -0.39 is 20.5 Å². The Morgan fingerprint density at radius 1 is 0.920 bits per heavy atom. The van der Waals surface area contributed by atoms with E-state index in [1.165, 1.54) is 0 Å². The molecule has 0 aliphatic rings. The lowest BCUT2D eigenvalue weighted by Crippen LogP contribution is -2.48. The Balaban J connectivity index is 2.79. The molecular formula is C18H28N2O4Si. The summed E-state index contributed by atoms with van der Waals surface area (Å²) in [5.74, 6) is 0.354. The maximum Gasteiger partial charge on any atom is 0.458 e. The van der Waals surface area contributed by atoms with Crippen molar-refractivity contribution < 1.29 is 18.8 Å². The van der Waals surface area contributed by atoms with Crippen LogP contribution in [0.15, 0.2) is 34.5 Å². The average Bonchev–Trinajstić information content (AvgIpc) is 2.49. The molecule has 0 aromatic heterocycles. The van der Waals surface area contributed by atoms with Crippen LogP contribution >= 0.6 is 0 Å². The van der Waals surface area contributed by atoms with Gasteiger partial charge in [0, 0.05) is 0 Å². The van der Waals surface area contributed by atoms with Gasteiger partial charge in [-0.05, 0) is 41.2 Å². The zero-order valence-corrected chi connectivity index (χ0v) is 17.1. The van der Waals surface area contributed by atoms with Gasteiger partial charge in [-0.25, -0.2) is 9.59 Å². The maximum atomic E-state index is 12.1. The van der Waals surface area contributed by atoms with Crippen molar-refractivity contribution >= 4 is 20.5 Å². The third kappa shape index (κ3) is 5.49. The summed E-state index contributed by atoms with van der Waals surface area (Å²) in [5.41, 5.74) is 1.63. The van der Waals surface area contributed by atoms with E-state index in [0.717, 1.165) is 5.56 Å². The summed E-state index contributed by atoms with van der Waals surface area (Å²) in [7, 11) is -2.40. The van der Waals surface area contributed by atoms with Gasteiger partial charge in [-0.1, -0.05) is 63.9 Å². The van der Waals surface area contributed by atoms with Gasteiger partial charge in [-0.2, -0.15) is 0 Å². The molecule has 0 aliphatic carbocycles. The monoisotopic (exact) mass is 364 g/mol. The topological polar surface area (TPSA) is 77.3 Å². The first kappa shape index (κ1) is 21.0. The van der Waals surface area contributed by atoms with Crippen LogP contribution in [0.1, 0.15) is 47.1 Å². The predicted molar refractivity (Wildman–Crippen MR) is 99.6 cm³/mol. The molecule has 0 aliphatic heterocycles. The number of rotatable bonds is 5. The van der Waals surface area contributed by atoms with Crippen molar-refractivity contribution in [2.24, 2.45) is 10.2 Å². The number of amides is 2. The zero-order valence-electron chi connectivity index (χ0n) is 16.1.